The predicted octanol–water partition coefficient (Wildman–Crippen LogP) is 1.20. The van der Waals surface area contributed by atoms with Crippen LogP contribution in [-0.4, -0.2) is 17.6 Å². The monoisotopic (exact) mass is 201 g/mol. The molecule has 0 aromatic rings. The largest absolute Gasteiger partial charge is 0.708 e. The molecule has 0 amide bonds. The standard InChI is InChI=1S/C3H6O6P2/c1-3-2-7-11(5,6)9-10(4)8-3/h3H,2H2,1H3/p+1. The van der Waals surface area contributed by atoms with Gasteiger partial charge in [-0.25, -0.2) is 4.57 Å². The molecular formula is C3H7O6P2+. The van der Waals surface area contributed by atoms with Crippen molar-refractivity contribution >= 4 is 16.1 Å². The lowest BCUT2D eigenvalue weighted by Gasteiger charge is -2.00. The maximum Gasteiger partial charge on any atom is 0.708 e. The first kappa shape index (κ1) is 9.26. The molecule has 0 aromatic carbocycles. The van der Waals surface area contributed by atoms with Gasteiger partial charge in [0, 0.05) is 4.57 Å². The maximum atomic E-state index is 10.7. The Bertz CT molecular complexity index is 214. The maximum absolute atomic E-state index is 10.7. The third-order valence-corrected chi connectivity index (χ3v) is 3.27. The smallest absolute Gasteiger partial charge is 0.300 e. The van der Waals surface area contributed by atoms with Gasteiger partial charge in [0.2, 0.25) is 0 Å². The lowest BCUT2D eigenvalue weighted by Crippen LogP contribution is -2.08. The lowest BCUT2D eigenvalue weighted by atomic mass is 10.5. The molecule has 64 valence electrons. The van der Waals surface area contributed by atoms with Crippen LogP contribution in [0.25, 0.3) is 0 Å². The van der Waals surface area contributed by atoms with Crippen LogP contribution in [0.2, 0.25) is 0 Å². The van der Waals surface area contributed by atoms with Gasteiger partial charge >= 0.3 is 16.1 Å². The van der Waals surface area contributed by atoms with Crippen molar-refractivity contribution in [3.8, 4) is 0 Å². The van der Waals surface area contributed by atoms with Crippen molar-refractivity contribution in [1.82, 2.24) is 0 Å². The number of phosphoric ester groups is 1. The summed E-state index contributed by atoms with van der Waals surface area (Å²) in [5.74, 6) is 0. The number of hydrogen-bond acceptors (Lipinski definition) is 5. The summed E-state index contributed by atoms with van der Waals surface area (Å²) in [6.07, 6.45) is -0.499. The van der Waals surface area contributed by atoms with Gasteiger partial charge in [-0.15, -0.1) is 4.52 Å². The molecule has 8 heteroatoms. The Balaban J connectivity index is 2.68. The summed E-state index contributed by atoms with van der Waals surface area (Å²) in [7, 11) is -6.67. The molecule has 1 N–H and O–H groups in total. The Morgan fingerprint density at radius 1 is 1.73 bits per heavy atom. The van der Waals surface area contributed by atoms with Gasteiger partial charge in [-0.1, -0.05) is 0 Å². The van der Waals surface area contributed by atoms with Gasteiger partial charge in [0.1, 0.15) is 6.10 Å². The van der Waals surface area contributed by atoms with Gasteiger partial charge in [0.05, 0.1) is 6.61 Å². The molecule has 0 saturated carbocycles. The molecule has 6 nitrogen and oxygen atoms in total. The molecule has 1 fully saturated rings. The normalized spacial score (nSPS) is 43.5. The Labute approximate surface area is 64.0 Å². The summed E-state index contributed by atoms with van der Waals surface area (Å²) in [6.45, 7) is 1.46. The second kappa shape index (κ2) is 3.27. The van der Waals surface area contributed by atoms with E-state index in [1.54, 1.807) is 6.92 Å². The summed E-state index contributed by atoms with van der Waals surface area (Å²) in [5.41, 5.74) is 0. The van der Waals surface area contributed by atoms with E-state index >= 15 is 0 Å². The van der Waals surface area contributed by atoms with E-state index in [0.717, 1.165) is 0 Å². The lowest BCUT2D eigenvalue weighted by molar-refractivity contribution is 0.150. The zero-order chi connectivity index (χ0) is 8.48. The van der Waals surface area contributed by atoms with E-state index in [9.17, 15) is 9.13 Å². The SMILES string of the molecule is CC1COP(=O)(O)O[P+](=O)O1. The molecule has 0 spiro atoms. The van der Waals surface area contributed by atoms with Crippen LogP contribution in [0.4, 0.5) is 0 Å². The van der Waals surface area contributed by atoms with E-state index in [0.29, 0.717) is 0 Å². The van der Waals surface area contributed by atoms with Gasteiger partial charge in [-0.2, -0.15) is 0 Å². The molecule has 1 aliphatic rings. The molecule has 3 atom stereocenters. The minimum Gasteiger partial charge on any atom is -0.300 e. The van der Waals surface area contributed by atoms with Gasteiger partial charge in [-0.3, -0.25) is 9.42 Å². The molecule has 0 bridgehead atoms. The van der Waals surface area contributed by atoms with E-state index in [2.05, 4.69) is 13.4 Å². The molecule has 0 radical (unpaired) electrons. The molecule has 11 heavy (non-hydrogen) atoms. The highest BCUT2D eigenvalue weighted by Crippen LogP contribution is 2.54. The van der Waals surface area contributed by atoms with Crippen molar-refractivity contribution in [3.63, 3.8) is 0 Å². The van der Waals surface area contributed by atoms with E-state index in [-0.39, 0.29) is 6.61 Å². The highest BCUT2D eigenvalue weighted by molar-refractivity contribution is 7.56. The van der Waals surface area contributed by atoms with Crippen molar-refractivity contribution < 1.29 is 27.4 Å². The van der Waals surface area contributed by atoms with Gasteiger partial charge in [-0.05, 0) is 11.2 Å². The average Bonchev–Trinajstić information content (AvgIpc) is 1.90. The highest BCUT2D eigenvalue weighted by Gasteiger charge is 2.42. The predicted molar refractivity (Wildman–Crippen MR) is 35.0 cm³/mol. The fourth-order valence-corrected chi connectivity index (χ4v) is 2.27. The second-order valence-corrected chi connectivity index (χ2v) is 4.49. The first-order valence-electron chi connectivity index (χ1n) is 2.81. The third kappa shape index (κ3) is 2.95. The van der Waals surface area contributed by atoms with Crippen molar-refractivity contribution in [1.29, 1.82) is 0 Å². The van der Waals surface area contributed by atoms with Crippen LogP contribution < -0.4 is 0 Å². The molecular weight excluding hydrogens is 194 g/mol. The number of phosphoric acid groups is 1. The molecule has 0 aromatic heterocycles. The number of rotatable bonds is 0. The summed E-state index contributed by atoms with van der Waals surface area (Å²) >= 11 is 0. The van der Waals surface area contributed by atoms with Crippen LogP contribution in [0, 0.1) is 0 Å². The van der Waals surface area contributed by atoms with Crippen LogP contribution in [-0.2, 0) is 22.5 Å². The first-order valence-corrected chi connectivity index (χ1v) is 5.40. The fraction of sp³-hybridized carbons (Fsp3) is 1.00. The van der Waals surface area contributed by atoms with E-state index < -0.39 is 22.2 Å². The van der Waals surface area contributed by atoms with E-state index in [4.69, 9.17) is 4.89 Å². The summed E-state index contributed by atoms with van der Waals surface area (Å²) in [4.78, 5) is 8.69. The molecule has 1 rings (SSSR count). The van der Waals surface area contributed by atoms with Crippen molar-refractivity contribution in [3.05, 3.63) is 0 Å². The fourth-order valence-electron chi connectivity index (χ4n) is 0.504. The Morgan fingerprint density at radius 2 is 2.36 bits per heavy atom. The molecule has 3 unspecified atom stereocenters. The highest BCUT2D eigenvalue weighted by atomic mass is 31.2. The topological polar surface area (TPSA) is 82.1 Å². The van der Waals surface area contributed by atoms with Crippen LogP contribution in [0.1, 0.15) is 6.92 Å². The van der Waals surface area contributed by atoms with E-state index in [1.165, 1.54) is 0 Å². The quantitative estimate of drug-likeness (QED) is 0.592. The van der Waals surface area contributed by atoms with Gasteiger partial charge in [0.25, 0.3) is 0 Å². The average molecular weight is 201 g/mol. The molecule has 1 heterocycles. The van der Waals surface area contributed by atoms with E-state index in [1.807, 2.05) is 0 Å². The van der Waals surface area contributed by atoms with Crippen LogP contribution in [0.5, 0.6) is 0 Å². The summed E-state index contributed by atoms with van der Waals surface area (Å²) in [5, 5.41) is 0. The minimum absolute atomic E-state index is 0.102. The molecule has 1 saturated heterocycles. The summed E-state index contributed by atoms with van der Waals surface area (Å²) in [6, 6.07) is 0. The third-order valence-electron chi connectivity index (χ3n) is 0.908. The van der Waals surface area contributed by atoms with Crippen molar-refractivity contribution in [2.45, 2.75) is 13.0 Å². The second-order valence-electron chi connectivity index (χ2n) is 1.99. The molecule has 1 aliphatic heterocycles. The molecule has 0 aliphatic carbocycles. The zero-order valence-electron chi connectivity index (χ0n) is 5.67. The first-order chi connectivity index (χ1) is 4.99. The Kier molecular flexibility index (Phi) is 2.75. The van der Waals surface area contributed by atoms with Gasteiger partial charge < -0.3 is 0 Å². The van der Waals surface area contributed by atoms with Crippen LogP contribution in [0.3, 0.4) is 0 Å². The summed E-state index contributed by atoms with van der Waals surface area (Å²) < 4.78 is 34.2. The minimum atomic E-state index is -4.13. The van der Waals surface area contributed by atoms with Crippen LogP contribution in [0.15, 0.2) is 0 Å². The van der Waals surface area contributed by atoms with Crippen molar-refractivity contribution in [2.75, 3.05) is 6.61 Å². The Morgan fingerprint density at radius 3 is 3.00 bits per heavy atom. The number of hydrogen-bond donors (Lipinski definition) is 1. The zero-order valence-corrected chi connectivity index (χ0v) is 7.46. The van der Waals surface area contributed by atoms with Crippen molar-refractivity contribution in [2.24, 2.45) is 0 Å². The van der Waals surface area contributed by atoms with Crippen LogP contribution >= 0.6 is 16.1 Å². The van der Waals surface area contributed by atoms with Gasteiger partial charge in [0.15, 0.2) is 0 Å². The Hall–Kier alpha value is 0.170.